The molecule has 104 valence electrons. The quantitative estimate of drug-likeness (QED) is 0.673. The van der Waals surface area contributed by atoms with Crippen LogP contribution in [0.15, 0.2) is 47.6 Å². The van der Waals surface area contributed by atoms with Crippen molar-refractivity contribution < 1.29 is 9.47 Å². The van der Waals surface area contributed by atoms with E-state index in [0.717, 1.165) is 17.0 Å². The fourth-order valence-corrected chi connectivity index (χ4v) is 1.83. The van der Waals surface area contributed by atoms with Crippen molar-refractivity contribution in [2.24, 2.45) is 5.10 Å². The number of hydrazone groups is 1. The van der Waals surface area contributed by atoms with Gasteiger partial charge in [0.1, 0.15) is 11.5 Å². The Labute approximate surface area is 123 Å². The molecule has 1 N–H and O–H groups in total. The van der Waals surface area contributed by atoms with E-state index in [-0.39, 0.29) is 0 Å². The fourth-order valence-electron chi connectivity index (χ4n) is 1.65. The third-order valence-corrected chi connectivity index (χ3v) is 3.03. The largest absolute Gasteiger partial charge is 0.497 e. The Morgan fingerprint density at radius 3 is 2.60 bits per heavy atom. The van der Waals surface area contributed by atoms with Crippen LogP contribution in [0.2, 0.25) is 5.02 Å². The van der Waals surface area contributed by atoms with Crippen LogP contribution >= 0.6 is 11.6 Å². The number of anilines is 1. The Kier molecular flexibility index (Phi) is 4.85. The molecule has 0 amide bonds. The summed E-state index contributed by atoms with van der Waals surface area (Å²) in [4.78, 5) is 0. The summed E-state index contributed by atoms with van der Waals surface area (Å²) in [5.41, 5.74) is 4.48. The van der Waals surface area contributed by atoms with Gasteiger partial charge in [0.25, 0.3) is 0 Å². The molecule has 2 rings (SSSR count). The average Bonchev–Trinajstić information content (AvgIpc) is 2.49. The van der Waals surface area contributed by atoms with E-state index in [0.29, 0.717) is 10.8 Å². The third kappa shape index (κ3) is 3.42. The first-order valence-corrected chi connectivity index (χ1v) is 6.38. The van der Waals surface area contributed by atoms with Gasteiger partial charge in [-0.15, -0.1) is 0 Å². The summed E-state index contributed by atoms with van der Waals surface area (Å²) in [5, 5.41) is 4.77. The zero-order valence-electron chi connectivity index (χ0n) is 11.3. The van der Waals surface area contributed by atoms with Crippen LogP contribution in [0.5, 0.6) is 11.5 Å². The van der Waals surface area contributed by atoms with Crippen molar-refractivity contribution in [2.45, 2.75) is 0 Å². The molecule has 20 heavy (non-hydrogen) atoms. The Morgan fingerprint density at radius 2 is 1.90 bits per heavy atom. The zero-order chi connectivity index (χ0) is 14.4. The minimum atomic E-state index is 0.617. The molecule has 0 saturated heterocycles. The summed E-state index contributed by atoms with van der Waals surface area (Å²) in [5.74, 6) is 1.42. The number of ether oxygens (including phenoxy) is 2. The van der Waals surface area contributed by atoms with Crippen LogP contribution < -0.4 is 14.9 Å². The SMILES string of the molecule is COc1ccc(/C=N/Nc2ccccc2Cl)c(OC)c1. The lowest BCUT2D eigenvalue weighted by Gasteiger charge is -2.07. The van der Waals surface area contributed by atoms with E-state index < -0.39 is 0 Å². The Hall–Kier alpha value is -2.20. The number of halogens is 1. The van der Waals surface area contributed by atoms with Gasteiger partial charge < -0.3 is 9.47 Å². The average molecular weight is 291 g/mol. The van der Waals surface area contributed by atoms with Crippen molar-refractivity contribution in [1.82, 2.24) is 0 Å². The lowest BCUT2D eigenvalue weighted by molar-refractivity contribution is 0.394. The monoisotopic (exact) mass is 290 g/mol. The minimum Gasteiger partial charge on any atom is -0.497 e. The maximum atomic E-state index is 6.03. The maximum Gasteiger partial charge on any atom is 0.131 e. The smallest absolute Gasteiger partial charge is 0.131 e. The highest BCUT2D eigenvalue weighted by Gasteiger charge is 2.02. The molecule has 2 aromatic carbocycles. The van der Waals surface area contributed by atoms with Crippen LogP contribution in [-0.2, 0) is 0 Å². The van der Waals surface area contributed by atoms with Gasteiger partial charge in [0.2, 0.25) is 0 Å². The molecule has 0 radical (unpaired) electrons. The number of nitrogens with one attached hydrogen (secondary N) is 1. The summed E-state index contributed by atoms with van der Waals surface area (Å²) in [6.45, 7) is 0. The van der Waals surface area contributed by atoms with Gasteiger partial charge in [-0.3, -0.25) is 5.43 Å². The van der Waals surface area contributed by atoms with Crippen LogP contribution in [-0.4, -0.2) is 20.4 Å². The van der Waals surface area contributed by atoms with Crippen molar-refractivity contribution in [1.29, 1.82) is 0 Å². The second-order valence-corrected chi connectivity index (χ2v) is 4.36. The molecule has 0 aliphatic heterocycles. The highest BCUT2D eigenvalue weighted by atomic mass is 35.5. The summed E-state index contributed by atoms with van der Waals surface area (Å²) in [6.07, 6.45) is 1.67. The van der Waals surface area contributed by atoms with Crippen LogP contribution in [0.25, 0.3) is 0 Å². The second kappa shape index (κ2) is 6.82. The van der Waals surface area contributed by atoms with Crippen LogP contribution in [0.3, 0.4) is 0 Å². The number of para-hydroxylation sites is 1. The van der Waals surface area contributed by atoms with Crippen LogP contribution in [0, 0.1) is 0 Å². The standard InChI is InChI=1S/C15H15ClN2O2/c1-19-12-8-7-11(15(9-12)20-2)10-17-18-14-6-4-3-5-13(14)16/h3-10,18H,1-2H3/b17-10+. The van der Waals surface area contributed by atoms with Gasteiger partial charge in [0.05, 0.1) is 31.1 Å². The molecule has 4 nitrogen and oxygen atoms in total. The van der Waals surface area contributed by atoms with E-state index in [4.69, 9.17) is 21.1 Å². The Bertz CT molecular complexity index is 615. The normalized spacial score (nSPS) is 10.6. The van der Waals surface area contributed by atoms with Crippen LogP contribution in [0.4, 0.5) is 5.69 Å². The summed E-state index contributed by atoms with van der Waals surface area (Å²) in [7, 11) is 3.22. The molecule has 0 saturated carbocycles. The number of hydrogen-bond acceptors (Lipinski definition) is 4. The van der Waals surface area contributed by atoms with E-state index >= 15 is 0 Å². The first-order valence-electron chi connectivity index (χ1n) is 6.00. The fraction of sp³-hybridized carbons (Fsp3) is 0.133. The predicted octanol–water partition coefficient (Wildman–Crippen LogP) is 3.80. The first-order chi connectivity index (χ1) is 9.74. The maximum absolute atomic E-state index is 6.03. The summed E-state index contributed by atoms with van der Waals surface area (Å²) >= 11 is 6.03. The molecular weight excluding hydrogens is 276 g/mol. The van der Waals surface area contributed by atoms with Crippen LogP contribution in [0.1, 0.15) is 5.56 Å². The lowest BCUT2D eigenvalue weighted by atomic mass is 10.2. The third-order valence-electron chi connectivity index (χ3n) is 2.70. The molecule has 0 atom stereocenters. The highest BCUT2D eigenvalue weighted by molar-refractivity contribution is 6.33. The Morgan fingerprint density at radius 1 is 1.10 bits per heavy atom. The van der Waals surface area contributed by atoms with E-state index in [1.807, 2.05) is 30.3 Å². The topological polar surface area (TPSA) is 42.8 Å². The van der Waals surface area contributed by atoms with Gasteiger partial charge in [-0.2, -0.15) is 5.10 Å². The van der Waals surface area contributed by atoms with E-state index in [1.54, 1.807) is 32.6 Å². The van der Waals surface area contributed by atoms with Gasteiger partial charge in [-0.25, -0.2) is 0 Å². The number of hydrogen-bond donors (Lipinski definition) is 1. The van der Waals surface area contributed by atoms with Gasteiger partial charge in [-0.05, 0) is 24.3 Å². The molecule has 0 spiro atoms. The van der Waals surface area contributed by atoms with Gasteiger partial charge >= 0.3 is 0 Å². The second-order valence-electron chi connectivity index (χ2n) is 3.96. The first kappa shape index (κ1) is 14.2. The van der Waals surface area contributed by atoms with Crippen molar-refractivity contribution in [2.75, 3.05) is 19.6 Å². The molecular formula is C15H15ClN2O2. The number of benzene rings is 2. The molecule has 0 bridgehead atoms. The minimum absolute atomic E-state index is 0.617. The molecule has 0 aliphatic rings. The molecule has 5 heteroatoms. The van der Waals surface area contributed by atoms with Crippen molar-refractivity contribution in [3.05, 3.63) is 53.1 Å². The number of nitrogens with zero attached hydrogens (tertiary/aromatic N) is 1. The van der Waals surface area contributed by atoms with E-state index in [2.05, 4.69) is 10.5 Å². The molecule has 0 fully saturated rings. The number of methoxy groups -OCH3 is 2. The summed E-state index contributed by atoms with van der Waals surface area (Å²) in [6, 6.07) is 12.9. The van der Waals surface area contributed by atoms with Gasteiger partial charge in [0, 0.05) is 11.6 Å². The highest BCUT2D eigenvalue weighted by Crippen LogP contribution is 2.24. The predicted molar refractivity (Wildman–Crippen MR) is 82.2 cm³/mol. The lowest BCUT2D eigenvalue weighted by Crippen LogP contribution is -1.95. The van der Waals surface area contributed by atoms with Gasteiger partial charge in [-0.1, -0.05) is 23.7 Å². The molecule has 0 aromatic heterocycles. The number of rotatable bonds is 5. The van der Waals surface area contributed by atoms with Crippen molar-refractivity contribution in [3.8, 4) is 11.5 Å². The Balaban J connectivity index is 2.13. The molecule has 0 aliphatic carbocycles. The van der Waals surface area contributed by atoms with Crippen molar-refractivity contribution >= 4 is 23.5 Å². The summed E-state index contributed by atoms with van der Waals surface area (Å²) < 4.78 is 10.4. The zero-order valence-corrected chi connectivity index (χ0v) is 12.0. The van der Waals surface area contributed by atoms with E-state index in [9.17, 15) is 0 Å². The molecule has 0 unspecified atom stereocenters. The molecule has 0 heterocycles. The van der Waals surface area contributed by atoms with Crippen molar-refractivity contribution in [3.63, 3.8) is 0 Å². The van der Waals surface area contributed by atoms with Gasteiger partial charge in [0.15, 0.2) is 0 Å². The molecule has 2 aromatic rings. The van der Waals surface area contributed by atoms with E-state index in [1.165, 1.54) is 0 Å².